The number of nitrogens with one attached hydrogen (secondary N) is 4. The molecular formula is C30H45N7O8S. The monoisotopic (exact) mass is 663 g/mol. The van der Waals surface area contributed by atoms with Crippen LogP contribution in [0.4, 0.5) is 15.3 Å². The van der Waals surface area contributed by atoms with Gasteiger partial charge in [0.25, 0.3) is 0 Å². The molecule has 0 radical (unpaired) electrons. The molecular weight excluding hydrogens is 618 g/mol. The fourth-order valence-electron chi connectivity index (χ4n) is 4.70. The number of carbonyl (C=O) groups is 7. The molecule has 1 aromatic carbocycles. The smallest absolute Gasteiger partial charge is 0.404 e. The van der Waals surface area contributed by atoms with E-state index in [4.69, 9.17) is 16.2 Å². The van der Waals surface area contributed by atoms with E-state index in [2.05, 4.69) is 21.3 Å². The number of unbranched alkanes of at least 4 members (excludes halogenated alkanes) is 2. The van der Waals surface area contributed by atoms with Crippen LogP contribution < -0.4 is 32.7 Å². The van der Waals surface area contributed by atoms with Crippen molar-refractivity contribution in [1.82, 2.24) is 20.9 Å². The number of hydrogen-bond donors (Lipinski definition) is 6. The van der Waals surface area contributed by atoms with Crippen LogP contribution in [-0.2, 0) is 35.3 Å². The van der Waals surface area contributed by atoms with E-state index in [0.717, 1.165) is 0 Å². The summed E-state index contributed by atoms with van der Waals surface area (Å²) >= 11 is 1.36. The molecule has 0 bridgehead atoms. The molecule has 16 heteroatoms. The highest BCUT2D eigenvalue weighted by molar-refractivity contribution is 8.00. The molecule has 2 unspecified atom stereocenters. The first-order valence-electron chi connectivity index (χ1n) is 15.1. The molecule has 0 aliphatic carbocycles. The molecule has 0 saturated carbocycles. The van der Waals surface area contributed by atoms with E-state index in [1.54, 1.807) is 44.4 Å². The van der Waals surface area contributed by atoms with Crippen LogP contribution in [0, 0.1) is 5.92 Å². The minimum absolute atomic E-state index is 0.0310. The van der Waals surface area contributed by atoms with E-state index in [9.17, 15) is 33.6 Å². The summed E-state index contributed by atoms with van der Waals surface area (Å²) in [6.07, 6.45) is 3.45. The molecule has 1 heterocycles. The lowest BCUT2D eigenvalue weighted by atomic mass is 10.0. The van der Waals surface area contributed by atoms with Crippen molar-refractivity contribution >= 4 is 59.1 Å². The third-order valence-electron chi connectivity index (χ3n) is 7.24. The lowest BCUT2D eigenvalue weighted by molar-refractivity contribution is -0.138. The summed E-state index contributed by atoms with van der Waals surface area (Å²) in [6.45, 7) is 4.01. The van der Waals surface area contributed by atoms with Crippen LogP contribution in [0.5, 0.6) is 0 Å². The molecule has 0 aromatic heterocycles. The highest BCUT2D eigenvalue weighted by atomic mass is 32.2. The SMILES string of the molecule is CSC1CC(=O)N(CCCCCC(=O)NC(C(=O)N[C@@H](CCCNC(N)=O)C(=O)Nc2ccc(COC(N)=O)cc2)C(C)C)C1=O. The quantitative estimate of drug-likeness (QED) is 0.0925. The van der Waals surface area contributed by atoms with E-state index in [0.29, 0.717) is 43.5 Å². The predicted octanol–water partition coefficient (Wildman–Crippen LogP) is 1.35. The molecule has 8 N–H and O–H groups in total. The maximum Gasteiger partial charge on any atom is 0.404 e. The van der Waals surface area contributed by atoms with Crippen molar-refractivity contribution in [3.8, 4) is 0 Å². The second kappa shape index (κ2) is 19.2. The number of carbonyl (C=O) groups excluding carboxylic acids is 7. The zero-order valence-corrected chi connectivity index (χ0v) is 27.3. The van der Waals surface area contributed by atoms with Gasteiger partial charge in [0.05, 0.1) is 5.25 Å². The second-order valence-electron chi connectivity index (χ2n) is 11.2. The molecule has 1 fully saturated rings. The van der Waals surface area contributed by atoms with E-state index in [1.165, 1.54) is 16.7 Å². The standard InChI is InChI=1S/C30H45N7O8S/c1-18(2)25(36-23(38)9-5-4-6-15-37-24(39)16-22(46-3)28(37)42)27(41)35-21(8-7-14-33-29(31)43)26(40)34-20-12-10-19(11-13-20)17-45-30(32)44/h10-13,18,21-22,25H,4-9,14-17H2,1-3H3,(H2,32,44)(H,34,40)(H,35,41)(H,36,38)(H3,31,33,43)/t21-,22?,25?/m0/s1. The fraction of sp³-hybridized carbons (Fsp3) is 0.567. The number of rotatable bonds is 19. The minimum Gasteiger partial charge on any atom is -0.445 e. The number of primary amides is 2. The number of thioether (sulfide) groups is 1. The maximum atomic E-state index is 13.3. The number of urea groups is 1. The van der Waals surface area contributed by atoms with Gasteiger partial charge in [-0.1, -0.05) is 32.4 Å². The number of ether oxygens (including phenoxy) is 1. The summed E-state index contributed by atoms with van der Waals surface area (Å²) in [5.74, 6) is -2.02. The van der Waals surface area contributed by atoms with Gasteiger partial charge in [-0.2, -0.15) is 11.8 Å². The summed E-state index contributed by atoms with van der Waals surface area (Å²) in [7, 11) is 0. The molecule has 1 aliphatic rings. The Kier molecular flexibility index (Phi) is 15.8. The van der Waals surface area contributed by atoms with Crippen molar-refractivity contribution < 1.29 is 38.3 Å². The molecule has 0 spiro atoms. The summed E-state index contributed by atoms with van der Waals surface area (Å²) in [5, 5.41) is 10.3. The highest BCUT2D eigenvalue weighted by Crippen LogP contribution is 2.23. The van der Waals surface area contributed by atoms with Gasteiger partial charge in [0, 0.05) is 31.6 Å². The molecule has 8 amide bonds. The van der Waals surface area contributed by atoms with Gasteiger partial charge in [0.1, 0.15) is 18.7 Å². The number of hydrogen-bond acceptors (Lipinski definition) is 9. The minimum atomic E-state index is -1.00. The molecule has 46 heavy (non-hydrogen) atoms. The van der Waals surface area contributed by atoms with Crippen LogP contribution in [-0.4, -0.2) is 83.2 Å². The first-order valence-corrected chi connectivity index (χ1v) is 16.4. The van der Waals surface area contributed by atoms with E-state index >= 15 is 0 Å². The van der Waals surface area contributed by atoms with Crippen molar-refractivity contribution in [3.05, 3.63) is 29.8 Å². The number of nitrogens with zero attached hydrogens (tertiary/aromatic N) is 1. The number of benzene rings is 1. The number of amides is 8. The third-order valence-corrected chi connectivity index (χ3v) is 8.18. The van der Waals surface area contributed by atoms with E-state index in [1.807, 2.05) is 0 Å². The van der Waals surface area contributed by atoms with E-state index < -0.39 is 36.0 Å². The van der Waals surface area contributed by atoms with Crippen LogP contribution in [0.25, 0.3) is 0 Å². The Morgan fingerprint density at radius 3 is 2.26 bits per heavy atom. The topological polar surface area (TPSA) is 232 Å². The number of imide groups is 1. The average molecular weight is 664 g/mol. The summed E-state index contributed by atoms with van der Waals surface area (Å²) in [4.78, 5) is 86.7. The lowest BCUT2D eigenvalue weighted by Crippen LogP contribution is -2.54. The van der Waals surface area contributed by atoms with Gasteiger partial charge in [-0.25, -0.2) is 9.59 Å². The third kappa shape index (κ3) is 12.9. The predicted molar refractivity (Wildman–Crippen MR) is 172 cm³/mol. The first-order chi connectivity index (χ1) is 21.8. The van der Waals surface area contributed by atoms with Gasteiger partial charge >= 0.3 is 12.1 Å². The van der Waals surface area contributed by atoms with Crippen molar-refractivity contribution in [3.63, 3.8) is 0 Å². The summed E-state index contributed by atoms with van der Waals surface area (Å²) in [5.41, 5.74) is 11.2. The van der Waals surface area contributed by atoms with Crippen LogP contribution in [0.2, 0.25) is 0 Å². The highest BCUT2D eigenvalue weighted by Gasteiger charge is 2.37. The molecule has 254 valence electrons. The summed E-state index contributed by atoms with van der Waals surface area (Å²) in [6, 6.07) is 3.85. The molecule has 3 atom stereocenters. The fourth-order valence-corrected chi connectivity index (χ4v) is 5.34. The van der Waals surface area contributed by atoms with Gasteiger partial charge in [0.2, 0.25) is 29.5 Å². The number of likely N-dealkylation sites (tertiary alicyclic amines) is 1. The Labute approximate surface area is 272 Å². The Bertz CT molecular complexity index is 1240. The van der Waals surface area contributed by atoms with Crippen molar-refractivity contribution in [1.29, 1.82) is 0 Å². The Morgan fingerprint density at radius 2 is 1.67 bits per heavy atom. The molecule has 1 aliphatic heterocycles. The van der Waals surface area contributed by atoms with Gasteiger partial charge in [-0.3, -0.25) is 28.9 Å². The Hall–Kier alpha value is -4.34. The normalized spacial score (nSPS) is 15.7. The lowest BCUT2D eigenvalue weighted by Gasteiger charge is -2.25. The van der Waals surface area contributed by atoms with Gasteiger partial charge in [-0.15, -0.1) is 0 Å². The van der Waals surface area contributed by atoms with Crippen molar-refractivity contribution in [2.24, 2.45) is 17.4 Å². The van der Waals surface area contributed by atoms with Crippen molar-refractivity contribution in [2.75, 3.05) is 24.7 Å². The zero-order valence-electron chi connectivity index (χ0n) is 26.5. The van der Waals surface area contributed by atoms with Gasteiger partial charge in [0.15, 0.2) is 0 Å². The van der Waals surface area contributed by atoms with Crippen molar-refractivity contribution in [2.45, 2.75) is 82.7 Å². The molecule has 15 nitrogen and oxygen atoms in total. The van der Waals surface area contributed by atoms with E-state index in [-0.39, 0.29) is 61.3 Å². The zero-order chi connectivity index (χ0) is 34.2. The maximum absolute atomic E-state index is 13.3. The molecule has 1 aromatic rings. The Balaban J connectivity index is 1.93. The summed E-state index contributed by atoms with van der Waals surface area (Å²) < 4.78 is 4.75. The second-order valence-corrected chi connectivity index (χ2v) is 12.2. The molecule has 2 rings (SSSR count). The largest absolute Gasteiger partial charge is 0.445 e. The number of nitrogens with two attached hydrogens (primary N) is 2. The first kappa shape index (κ1) is 37.8. The van der Waals surface area contributed by atoms with Crippen LogP contribution in [0.3, 0.4) is 0 Å². The van der Waals surface area contributed by atoms with Gasteiger partial charge < -0.3 is 37.5 Å². The average Bonchev–Trinajstić information content (AvgIpc) is 3.28. The number of anilines is 1. The van der Waals surface area contributed by atoms with Crippen LogP contribution in [0.15, 0.2) is 24.3 Å². The molecule has 1 saturated heterocycles. The Morgan fingerprint density at radius 1 is 0.978 bits per heavy atom. The van der Waals surface area contributed by atoms with Crippen LogP contribution >= 0.6 is 11.8 Å². The van der Waals surface area contributed by atoms with Gasteiger partial charge in [-0.05, 0) is 55.6 Å². The van der Waals surface area contributed by atoms with Crippen LogP contribution in [0.1, 0.15) is 64.4 Å².